The molecule has 2 nitrogen and oxygen atoms in total. The van der Waals surface area contributed by atoms with Crippen molar-refractivity contribution >= 4 is 39.3 Å². The molecular formula is C11H5BrCl2N2. The second kappa shape index (κ2) is 4.50. The summed E-state index contributed by atoms with van der Waals surface area (Å²) in [6.45, 7) is 0. The van der Waals surface area contributed by atoms with E-state index in [1.165, 1.54) is 0 Å². The van der Waals surface area contributed by atoms with Crippen LogP contribution in [0.15, 0.2) is 30.5 Å². The molecule has 80 valence electrons. The topological polar surface area (TPSA) is 28.7 Å². The maximum atomic E-state index is 8.79. The summed E-state index contributed by atoms with van der Waals surface area (Å²) >= 11 is 15.1. The van der Waals surface area contributed by atoms with Crippen molar-refractivity contribution in [3.8, 4) is 17.3 Å². The van der Waals surface area contributed by atoms with E-state index in [0.29, 0.717) is 15.6 Å². The maximum Gasteiger partial charge on any atom is 0.101 e. The summed E-state index contributed by atoms with van der Waals surface area (Å²) in [6, 6.07) is 9.19. The quantitative estimate of drug-likeness (QED) is 0.762. The molecule has 1 aromatic heterocycles. The van der Waals surface area contributed by atoms with Crippen molar-refractivity contribution in [2.24, 2.45) is 0 Å². The molecule has 0 aliphatic rings. The second-order valence-corrected chi connectivity index (χ2v) is 4.74. The van der Waals surface area contributed by atoms with E-state index in [0.717, 1.165) is 11.3 Å². The zero-order valence-electron chi connectivity index (χ0n) is 7.92. The third-order valence-electron chi connectivity index (χ3n) is 2.12. The van der Waals surface area contributed by atoms with E-state index >= 15 is 0 Å². The van der Waals surface area contributed by atoms with Crippen molar-refractivity contribution in [3.05, 3.63) is 46.1 Å². The Morgan fingerprint density at radius 1 is 1.19 bits per heavy atom. The molecular weight excluding hydrogens is 311 g/mol. The molecule has 0 atom stereocenters. The number of hydrogen-bond donors (Lipinski definition) is 0. The minimum atomic E-state index is 0.492. The van der Waals surface area contributed by atoms with Gasteiger partial charge in [-0.05, 0) is 18.2 Å². The van der Waals surface area contributed by atoms with Crippen LogP contribution in [0.1, 0.15) is 5.56 Å². The van der Waals surface area contributed by atoms with Crippen molar-refractivity contribution in [3.63, 3.8) is 0 Å². The summed E-state index contributed by atoms with van der Waals surface area (Å²) in [6.07, 6.45) is 1.69. The molecule has 0 unspecified atom stereocenters. The molecule has 0 aliphatic carbocycles. The summed E-state index contributed by atoms with van der Waals surface area (Å²) < 4.78 is 1.70. The summed E-state index contributed by atoms with van der Waals surface area (Å²) in [4.78, 5) is 0. The lowest BCUT2D eigenvalue weighted by molar-refractivity contribution is 1.32. The van der Waals surface area contributed by atoms with Crippen molar-refractivity contribution in [1.29, 1.82) is 5.26 Å². The van der Waals surface area contributed by atoms with E-state index in [-0.39, 0.29) is 0 Å². The lowest BCUT2D eigenvalue weighted by Gasteiger charge is -2.03. The smallest absolute Gasteiger partial charge is 0.101 e. The van der Waals surface area contributed by atoms with Gasteiger partial charge in [0.1, 0.15) is 6.07 Å². The van der Waals surface area contributed by atoms with E-state index < -0.39 is 0 Å². The van der Waals surface area contributed by atoms with Crippen LogP contribution < -0.4 is 0 Å². The van der Waals surface area contributed by atoms with Gasteiger partial charge in [0.2, 0.25) is 0 Å². The Bertz CT molecular complexity index is 584. The molecule has 0 amide bonds. The minimum Gasteiger partial charge on any atom is -0.282 e. The molecule has 0 radical (unpaired) electrons. The van der Waals surface area contributed by atoms with Gasteiger partial charge in [-0.3, -0.25) is 3.59 Å². The van der Waals surface area contributed by atoms with E-state index in [1.54, 1.807) is 28.0 Å². The van der Waals surface area contributed by atoms with Crippen LogP contribution in [0.5, 0.6) is 0 Å². The van der Waals surface area contributed by atoms with Crippen LogP contribution in [0.3, 0.4) is 0 Å². The molecule has 0 N–H and O–H groups in total. The first kappa shape index (κ1) is 11.5. The first-order chi connectivity index (χ1) is 7.61. The molecule has 2 rings (SSSR count). The number of benzene rings is 1. The third-order valence-corrected chi connectivity index (χ3v) is 3.45. The van der Waals surface area contributed by atoms with Crippen molar-refractivity contribution in [2.45, 2.75) is 0 Å². The predicted octanol–water partition coefficient (Wildman–Crippen LogP) is 4.49. The van der Waals surface area contributed by atoms with Crippen LogP contribution in [0.25, 0.3) is 11.3 Å². The Kier molecular flexibility index (Phi) is 3.25. The molecule has 0 fully saturated rings. The molecule has 0 aliphatic heterocycles. The van der Waals surface area contributed by atoms with E-state index in [9.17, 15) is 0 Å². The summed E-state index contributed by atoms with van der Waals surface area (Å²) in [5.74, 6) is 0. The lowest BCUT2D eigenvalue weighted by Crippen LogP contribution is -1.82. The number of nitrogens with zero attached hydrogens (tertiary/aromatic N) is 2. The van der Waals surface area contributed by atoms with Gasteiger partial charge >= 0.3 is 0 Å². The van der Waals surface area contributed by atoms with Crippen LogP contribution >= 0.6 is 39.3 Å². The van der Waals surface area contributed by atoms with Gasteiger partial charge in [-0.25, -0.2) is 0 Å². The first-order valence-corrected chi connectivity index (χ1v) is 5.82. The van der Waals surface area contributed by atoms with Crippen LogP contribution in [-0.4, -0.2) is 3.59 Å². The number of halogens is 3. The molecule has 0 saturated heterocycles. The Labute approximate surface area is 111 Å². The van der Waals surface area contributed by atoms with Gasteiger partial charge in [0, 0.05) is 11.8 Å². The normalized spacial score (nSPS) is 10.1. The number of aromatic nitrogens is 1. The van der Waals surface area contributed by atoms with Crippen LogP contribution in [0.4, 0.5) is 0 Å². The average molecular weight is 316 g/mol. The highest BCUT2D eigenvalue weighted by Crippen LogP contribution is 2.30. The Balaban J connectivity index is 2.55. The summed E-state index contributed by atoms with van der Waals surface area (Å²) in [5.41, 5.74) is 2.33. The third kappa shape index (κ3) is 2.10. The van der Waals surface area contributed by atoms with Gasteiger partial charge in [-0.15, -0.1) is 0 Å². The fraction of sp³-hybridized carbons (Fsp3) is 0. The first-order valence-electron chi connectivity index (χ1n) is 4.36. The zero-order valence-corrected chi connectivity index (χ0v) is 11.0. The molecule has 1 aromatic carbocycles. The van der Waals surface area contributed by atoms with Crippen LogP contribution in [0, 0.1) is 11.3 Å². The minimum absolute atomic E-state index is 0.492. The monoisotopic (exact) mass is 314 g/mol. The Hall–Kier alpha value is -0.950. The highest BCUT2D eigenvalue weighted by Gasteiger charge is 2.08. The molecule has 0 bridgehead atoms. The largest absolute Gasteiger partial charge is 0.282 e. The molecule has 2 aromatic rings. The molecule has 16 heavy (non-hydrogen) atoms. The van der Waals surface area contributed by atoms with Gasteiger partial charge in [-0.2, -0.15) is 5.26 Å². The average Bonchev–Trinajstić information content (AvgIpc) is 2.64. The van der Waals surface area contributed by atoms with Gasteiger partial charge < -0.3 is 0 Å². The molecule has 0 saturated carbocycles. The predicted molar refractivity (Wildman–Crippen MR) is 68.9 cm³/mol. The number of rotatable bonds is 1. The highest BCUT2D eigenvalue weighted by atomic mass is 79.9. The van der Waals surface area contributed by atoms with Gasteiger partial charge in [0.05, 0.1) is 37.4 Å². The van der Waals surface area contributed by atoms with Crippen molar-refractivity contribution in [2.75, 3.05) is 0 Å². The highest BCUT2D eigenvalue weighted by molar-refractivity contribution is 9.08. The van der Waals surface area contributed by atoms with E-state index in [4.69, 9.17) is 28.5 Å². The second-order valence-electron chi connectivity index (χ2n) is 3.17. The SMILES string of the molecule is N#Cc1cc(-c2ccc(Cl)c(Cl)c2)n(Br)c1. The fourth-order valence-corrected chi connectivity index (χ4v) is 2.19. The zero-order chi connectivity index (χ0) is 11.7. The van der Waals surface area contributed by atoms with Crippen LogP contribution in [-0.2, 0) is 0 Å². The standard InChI is InChI=1S/C11H5BrCl2N2/c12-16-6-7(5-15)3-11(16)8-1-2-9(13)10(14)4-8/h1-4,6H. The van der Waals surface area contributed by atoms with Gasteiger partial charge in [-0.1, -0.05) is 29.3 Å². The fourth-order valence-electron chi connectivity index (χ4n) is 1.36. The Morgan fingerprint density at radius 2 is 1.94 bits per heavy atom. The van der Waals surface area contributed by atoms with E-state index in [2.05, 4.69) is 22.2 Å². The van der Waals surface area contributed by atoms with Crippen LogP contribution in [0.2, 0.25) is 10.0 Å². The lowest BCUT2D eigenvalue weighted by atomic mass is 10.1. The van der Waals surface area contributed by atoms with Crippen molar-refractivity contribution in [1.82, 2.24) is 3.59 Å². The molecule has 1 heterocycles. The number of nitriles is 1. The molecule has 0 spiro atoms. The van der Waals surface area contributed by atoms with Gasteiger partial charge in [0.25, 0.3) is 0 Å². The summed E-state index contributed by atoms with van der Waals surface area (Å²) in [5, 5.41) is 9.79. The summed E-state index contributed by atoms with van der Waals surface area (Å²) in [7, 11) is 0. The van der Waals surface area contributed by atoms with Gasteiger partial charge in [0.15, 0.2) is 0 Å². The Morgan fingerprint density at radius 3 is 2.50 bits per heavy atom. The maximum absolute atomic E-state index is 8.79. The van der Waals surface area contributed by atoms with E-state index in [1.807, 2.05) is 6.07 Å². The number of hydrogen-bond acceptors (Lipinski definition) is 1. The molecule has 5 heteroatoms. The van der Waals surface area contributed by atoms with Crippen molar-refractivity contribution < 1.29 is 0 Å².